The fourth-order valence-corrected chi connectivity index (χ4v) is 2.46. The van der Waals surface area contributed by atoms with Crippen LogP contribution in [-0.4, -0.2) is 20.1 Å². The van der Waals surface area contributed by atoms with Crippen molar-refractivity contribution in [1.29, 1.82) is 5.26 Å². The molecule has 0 amide bonds. The van der Waals surface area contributed by atoms with Gasteiger partial charge in [-0.25, -0.2) is 0 Å². The summed E-state index contributed by atoms with van der Waals surface area (Å²) in [5.41, 5.74) is 2.46. The lowest BCUT2D eigenvalue weighted by molar-refractivity contribution is 0.637. The maximum absolute atomic E-state index is 9.00. The van der Waals surface area contributed by atoms with Crippen molar-refractivity contribution in [2.45, 2.75) is 26.8 Å². The second kappa shape index (κ2) is 7.52. The Balaban J connectivity index is 3.12. The van der Waals surface area contributed by atoms with Crippen molar-refractivity contribution in [2.24, 2.45) is 5.92 Å². The highest BCUT2D eigenvalue weighted by atomic mass is 79.9. The maximum Gasteiger partial charge on any atom is 0.0671 e. The lowest BCUT2D eigenvalue weighted by Crippen LogP contribution is -2.29. The van der Waals surface area contributed by atoms with Crippen LogP contribution in [0.15, 0.2) is 22.7 Å². The zero-order valence-corrected chi connectivity index (χ0v) is 13.7. The van der Waals surface area contributed by atoms with Gasteiger partial charge in [0.1, 0.15) is 0 Å². The summed E-state index contributed by atoms with van der Waals surface area (Å²) in [5, 5.41) is 12.3. The van der Waals surface area contributed by atoms with Gasteiger partial charge in [0.15, 0.2) is 0 Å². The van der Waals surface area contributed by atoms with Gasteiger partial charge in [-0.1, -0.05) is 15.9 Å². The van der Waals surface area contributed by atoms with Crippen molar-refractivity contribution in [1.82, 2.24) is 5.32 Å². The van der Waals surface area contributed by atoms with E-state index in [0.717, 1.165) is 17.6 Å². The van der Waals surface area contributed by atoms with Crippen LogP contribution >= 0.6 is 15.9 Å². The Kier molecular flexibility index (Phi) is 6.33. The predicted molar refractivity (Wildman–Crippen MR) is 84.3 cm³/mol. The zero-order chi connectivity index (χ0) is 14.4. The first-order chi connectivity index (χ1) is 9.03. The lowest BCUT2D eigenvalue weighted by atomic mass is 10.0. The molecule has 0 bridgehead atoms. The third-order valence-corrected chi connectivity index (χ3v) is 3.82. The molecule has 0 radical (unpaired) electrons. The molecule has 0 fully saturated rings. The molecule has 2 unspecified atom stereocenters. The zero-order valence-electron chi connectivity index (χ0n) is 12.1. The summed E-state index contributed by atoms with van der Waals surface area (Å²) in [7, 11) is 1.96. The van der Waals surface area contributed by atoms with Gasteiger partial charge in [0.2, 0.25) is 0 Å². The molecule has 0 spiro atoms. The van der Waals surface area contributed by atoms with Crippen molar-refractivity contribution < 1.29 is 0 Å². The Labute approximate surface area is 124 Å². The summed E-state index contributed by atoms with van der Waals surface area (Å²) in [6.45, 7) is 7.89. The Morgan fingerprint density at radius 1 is 1.42 bits per heavy atom. The van der Waals surface area contributed by atoms with Crippen molar-refractivity contribution >= 4 is 21.6 Å². The molecular weight excluding hydrogens is 302 g/mol. The summed E-state index contributed by atoms with van der Waals surface area (Å²) in [4.78, 5) is 2.27. The summed E-state index contributed by atoms with van der Waals surface area (Å²) >= 11 is 3.53. The minimum Gasteiger partial charge on any atom is -0.370 e. The van der Waals surface area contributed by atoms with Crippen LogP contribution in [0.1, 0.15) is 32.4 Å². The number of anilines is 1. The van der Waals surface area contributed by atoms with Gasteiger partial charge in [-0.05, 0) is 51.6 Å². The molecule has 104 valence electrons. The highest BCUT2D eigenvalue weighted by Crippen LogP contribution is 2.29. The molecule has 0 aliphatic carbocycles. The Hall–Kier alpha value is -1.05. The van der Waals surface area contributed by atoms with E-state index in [1.165, 1.54) is 11.3 Å². The molecule has 0 saturated heterocycles. The first kappa shape index (κ1) is 16.0. The largest absolute Gasteiger partial charge is 0.370 e. The fraction of sp³-hybridized carbons (Fsp3) is 0.533. The first-order valence-electron chi connectivity index (χ1n) is 6.64. The van der Waals surface area contributed by atoms with E-state index in [9.17, 15) is 0 Å². The molecular formula is C15H22BrN3. The van der Waals surface area contributed by atoms with Gasteiger partial charge in [-0.15, -0.1) is 0 Å². The van der Waals surface area contributed by atoms with Gasteiger partial charge in [0.05, 0.1) is 12.0 Å². The van der Waals surface area contributed by atoms with Gasteiger partial charge in [0.25, 0.3) is 0 Å². The number of nitriles is 1. The molecule has 0 aromatic heterocycles. The van der Waals surface area contributed by atoms with E-state index in [1.807, 2.05) is 14.0 Å². The minimum atomic E-state index is 0.0290. The Morgan fingerprint density at radius 2 is 2.11 bits per heavy atom. The molecule has 0 aliphatic heterocycles. The van der Waals surface area contributed by atoms with Crippen LogP contribution in [0, 0.1) is 17.2 Å². The van der Waals surface area contributed by atoms with Gasteiger partial charge in [-0.2, -0.15) is 5.26 Å². The molecule has 0 heterocycles. The van der Waals surface area contributed by atoms with Gasteiger partial charge in [0, 0.05) is 29.3 Å². The molecule has 1 aromatic rings. The molecule has 3 nitrogen and oxygen atoms in total. The molecule has 0 aliphatic rings. The topological polar surface area (TPSA) is 39.1 Å². The van der Waals surface area contributed by atoms with Crippen LogP contribution < -0.4 is 10.2 Å². The summed E-state index contributed by atoms with van der Waals surface area (Å²) < 4.78 is 1.08. The van der Waals surface area contributed by atoms with E-state index in [2.05, 4.69) is 64.3 Å². The Bertz CT molecular complexity index is 453. The number of hydrogen-bond acceptors (Lipinski definition) is 3. The maximum atomic E-state index is 9.00. The number of nitrogens with zero attached hydrogens (tertiary/aromatic N) is 2. The number of hydrogen-bond donors (Lipinski definition) is 1. The summed E-state index contributed by atoms with van der Waals surface area (Å²) in [6, 6.07) is 8.92. The molecule has 1 N–H and O–H groups in total. The number of rotatable bonds is 6. The SMILES string of the molecule is CCN(CC(C)C#N)c1ccc(Br)cc1C(C)NC. The van der Waals surface area contributed by atoms with E-state index in [1.54, 1.807) is 0 Å². The normalized spacial score (nSPS) is 13.7. The second-order valence-electron chi connectivity index (χ2n) is 4.78. The van der Waals surface area contributed by atoms with Crippen LogP contribution in [0.4, 0.5) is 5.69 Å². The van der Waals surface area contributed by atoms with Crippen molar-refractivity contribution in [3.63, 3.8) is 0 Å². The van der Waals surface area contributed by atoms with Crippen LogP contribution in [-0.2, 0) is 0 Å². The lowest BCUT2D eigenvalue weighted by Gasteiger charge is -2.28. The first-order valence-corrected chi connectivity index (χ1v) is 7.44. The van der Waals surface area contributed by atoms with E-state index < -0.39 is 0 Å². The number of nitrogens with one attached hydrogen (secondary N) is 1. The third-order valence-electron chi connectivity index (χ3n) is 3.33. The minimum absolute atomic E-state index is 0.0290. The monoisotopic (exact) mass is 323 g/mol. The third kappa shape index (κ3) is 4.22. The van der Waals surface area contributed by atoms with Crippen LogP contribution in [0.5, 0.6) is 0 Å². The van der Waals surface area contributed by atoms with Crippen molar-refractivity contribution in [2.75, 3.05) is 25.0 Å². The van der Waals surface area contributed by atoms with Crippen LogP contribution in [0.25, 0.3) is 0 Å². The molecule has 0 saturated carbocycles. The summed E-state index contributed by atoms with van der Waals surface area (Å²) in [6.07, 6.45) is 0. The Morgan fingerprint density at radius 3 is 2.63 bits per heavy atom. The second-order valence-corrected chi connectivity index (χ2v) is 5.70. The molecule has 1 rings (SSSR count). The predicted octanol–water partition coefficient (Wildman–Crippen LogP) is 3.72. The number of benzene rings is 1. The van der Waals surface area contributed by atoms with Crippen molar-refractivity contribution in [3.8, 4) is 6.07 Å². The van der Waals surface area contributed by atoms with Gasteiger partial charge in [-0.3, -0.25) is 0 Å². The van der Waals surface area contributed by atoms with E-state index in [-0.39, 0.29) is 12.0 Å². The van der Waals surface area contributed by atoms with Gasteiger partial charge >= 0.3 is 0 Å². The van der Waals surface area contributed by atoms with Crippen LogP contribution in [0.2, 0.25) is 0 Å². The van der Waals surface area contributed by atoms with E-state index in [0.29, 0.717) is 0 Å². The molecule has 4 heteroatoms. The number of halogens is 1. The van der Waals surface area contributed by atoms with Crippen LogP contribution in [0.3, 0.4) is 0 Å². The fourth-order valence-electron chi connectivity index (χ4n) is 2.08. The molecule has 2 atom stereocenters. The standard InChI is InChI=1S/C15H22BrN3/c1-5-19(10-11(2)9-17)15-7-6-13(16)8-14(15)12(3)18-4/h6-8,11-12,18H,5,10H2,1-4H3. The average molecular weight is 324 g/mol. The molecule has 19 heavy (non-hydrogen) atoms. The molecule has 1 aromatic carbocycles. The van der Waals surface area contributed by atoms with Crippen molar-refractivity contribution in [3.05, 3.63) is 28.2 Å². The van der Waals surface area contributed by atoms with Gasteiger partial charge < -0.3 is 10.2 Å². The highest BCUT2D eigenvalue weighted by Gasteiger charge is 2.16. The smallest absolute Gasteiger partial charge is 0.0671 e. The summed E-state index contributed by atoms with van der Waals surface area (Å²) in [5.74, 6) is 0.0290. The van der Waals surface area contributed by atoms with E-state index in [4.69, 9.17) is 5.26 Å². The van der Waals surface area contributed by atoms with E-state index >= 15 is 0 Å². The average Bonchev–Trinajstić information content (AvgIpc) is 2.43. The highest BCUT2D eigenvalue weighted by molar-refractivity contribution is 9.10. The quantitative estimate of drug-likeness (QED) is 0.867.